The van der Waals surface area contributed by atoms with Gasteiger partial charge in [0.1, 0.15) is 5.76 Å². The van der Waals surface area contributed by atoms with Crippen molar-refractivity contribution in [2.24, 2.45) is 5.92 Å². The van der Waals surface area contributed by atoms with Crippen LogP contribution in [0.2, 0.25) is 0 Å². The van der Waals surface area contributed by atoms with Gasteiger partial charge in [-0.2, -0.15) is 0 Å². The maximum Gasteiger partial charge on any atom is 0.111 e. The molecule has 0 aromatic carbocycles. The Hall–Kier alpha value is -0.760. The van der Waals surface area contributed by atoms with Gasteiger partial charge in [0.05, 0.1) is 6.26 Å². The van der Waals surface area contributed by atoms with Crippen LogP contribution in [0.1, 0.15) is 30.6 Å². The first-order valence-corrected chi connectivity index (χ1v) is 5.03. The van der Waals surface area contributed by atoms with E-state index >= 15 is 0 Å². The van der Waals surface area contributed by atoms with Gasteiger partial charge in [-0.3, -0.25) is 0 Å². The summed E-state index contributed by atoms with van der Waals surface area (Å²) >= 11 is 0. The van der Waals surface area contributed by atoms with E-state index in [1.165, 1.54) is 24.2 Å². The monoisotopic (exact) mass is 179 g/mol. The number of fused-ring (bicyclic) bond motifs is 1. The van der Waals surface area contributed by atoms with E-state index in [4.69, 9.17) is 4.42 Å². The van der Waals surface area contributed by atoms with Crippen LogP contribution in [0.15, 0.2) is 16.7 Å². The molecule has 1 aromatic heterocycles. The molecule has 2 unspecified atom stereocenters. The van der Waals surface area contributed by atoms with Crippen molar-refractivity contribution in [3.05, 3.63) is 23.7 Å². The Morgan fingerprint density at radius 1 is 1.62 bits per heavy atom. The minimum atomic E-state index is 0.573. The largest absolute Gasteiger partial charge is 0.469 e. The molecule has 0 bridgehead atoms. The number of hydrogen-bond donors (Lipinski definition) is 1. The van der Waals surface area contributed by atoms with E-state index in [9.17, 15) is 0 Å². The Kier molecular flexibility index (Phi) is 2.40. The van der Waals surface area contributed by atoms with Crippen molar-refractivity contribution in [3.63, 3.8) is 0 Å². The normalized spacial score (nSPS) is 27.2. The first-order valence-electron chi connectivity index (χ1n) is 5.03. The Balaban J connectivity index is 2.25. The number of aryl methyl sites for hydroxylation is 1. The number of hydrogen-bond acceptors (Lipinski definition) is 2. The second-order valence-corrected chi connectivity index (χ2v) is 3.99. The second kappa shape index (κ2) is 3.54. The van der Waals surface area contributed by atoms with Crippen LogP contribution in [-0.4, -0.2) is 13.6 Å². The topological polar surface area (TPSA) is 25.2 Å². The lowest BCUT2D eigenvalue weighted by atomic mass is 9.80. The summed E-state index contributed by atoms with van der Waals surface area (Å²) in [5.41, 5.74) is 1.42. The molecule has 2 heteroatoms. The zero-order valence-electron chi connectivity index (χ0n) is 8.34. The van der Waals surface area contributed by atoms with E-state index in [-0.39, 0.29) is 0 Å². The van der Waals surface area contributed by atoms with Crippen molar-refractivity contribution < 1.29 is 4.42 Å². The summed E-state index contributed by atoms with van der Waals surface area (Å²) < 4.78 is 5.55. The van der Waals surface area contributed by atoms with Gasteiger partial charge in [0.25, 0.3) is 0 Å². The van der Waals surface area contributed by atoms with Crippen molar-refractivity contribution in [2.45, 2.75) is 25.7 Å². The molecule has 0 saturated carbocycles. The van der Waals surface area contributed by atoms with Gasteiger partial charge in [0.2, 0.25) is 0 Å². The van der Waals surface area contributed by atoms with Crippen LogP contribution in [0, 0.1) is 5.92 Å². The quantitative estimate of drug-likeness (QED) is 0.752. The smallest absolute Gasteiger partial charge is 0.111 e. The molecule has 0 spiro atoms. The van der Waals surface area contributed by atoms with Crippen LogP contribution < -0.4 is 5.32 Å². The highest BCUT2D eigenvalue weighted by Gasteiger charge is 2.28. The predicted octanol–water partition coefficient (Wildman–Crippen LogP) is 2.16. The summed E-state index contributed by atoms with van der Waals surface area (Å²) in [6.45, 7) is 3.34. The van der Waals surface area contributed by atoms with Crippen LogP contribution in [-0.2, 0) is 6.42 Å². The van der Waals surface area contributed by atoms with Crippen molar-refractivity contribution in [3.8, 4) is 0 Å². The maximum atomic E-state index is 5.55. The van der Waals surface area contributed by atoms with Gasteiger partial charge >= 0.3 is 0 Å². The highest BCUT2D eigenvalue weighted by molar-refractivity contribution is 5.24. The van der Waals surface area contributed by atoms with Crippen molar-refractivity contribution in [1.82, 2.24) is 5.32 Å². The van der Waals surface area contributed by atoms with Crippen molar-refractivity contribution in [2.75, 3.05) is 13.6 Å². The molecule has 1 aromatic rings. The van der Waals surface area contributed by atoms with E-state index in [2.05, 4.69) is 18.3 Å². The third-order valence-corrected chi connectivity index (χ3v) is 3.10. The average molecular weight is 179 g/mol. The molecule has 0 radical (unpaired) electrons. The Bertz CT molecular complexity index is 279. The second-order valence-electron chi connectivity index (χ2n) is 3.99. The molecule has 1 heterocycles. The van der Waals surface area contributed by atoms with Crippen molar-refractivity contribution >= 4 is 0 Å². The van der Waals surface area contributed by atoms with E-state index in [0.717, 1.165) is 12.5 Å². The SMILES string of the molecule is CNCC1c2occc2CCC1C. The minimum Gasteiger partial charge on any atom is -0.469 e. The van der Waals surface area contributed by atoms with Crippen molar-refractivity contribution in [1.29, 1.82) is 0 Å². The van der Waals surface area contributed by atoms with Crippen LogP contribution in [0.4, 0.5) is 0 Å². The fraction of sp³-hybridized carbons (Fsp3) is 0.636. The molecule has 1 N–H and O–H groups in total. The molecule has 0 fully saturated rings. The standard InChI is InChI=1S/C11H17NO/c1-8-3-4-9-5-6-13-11(9)10(8)7-12-2/h5-6,8,10,12H,3-4,7H2,1-2H3. The van der Waals surface area contributed by atoms with E-state index in [1.54, 1.807) is 0 Å². The first kappa shape index (κ1) is 8.82. The fourth-order valence-corrected chi connectivity index (χ4v) is 2.24. The number of rotatable bonds is 2. The zero-order valence-corrected chi connectivity index (χ0v) is 8.34. The lowest BCUT2D eigenvalue weighted by molar-refractivity contribution is 0.329. The van der Waals surface area contributed by atoms with E-state index < -0.39 is 0 Å². The van der Waals surface area contributed by atoms with E-state index in [0.29, 0.717) is 5.92 Å². The van der Waals surface area contributed by atoms with Gasteiger partial charge in [-0.15, -0.1) is 0 Å². The lowest BCUT2D eigenvalue weighted by Crippen LogP contribution is -2.26. The van der Waals surface area contributed by atoms with Gasteiger partial charge in [-0.25, -0.2) is 0 Å². The molecular formula is C11H17NO. The molecule has 72 valence electrons. The summed E-state index contributed by atoms with van der Waals surface area (Å²) in [5, 5.41) is 3.24. The third-order valence-electron chi connectivity index (χ3n) is 3.10. The molecule has 2 nitrogen and oxygen atoms in total. The molecule has 2 rings (SSSR count). The first-order chi connectivity index (χ1) is 6.33. The summed E-state index contributed by atoms with van der Waals surface area (Å²) in [6, 6.07) is 2.11. The number of furan rings is 1. The van der Waals surface area contributed by atoms with Gasteiger partial charge in [-0.1, -0.05) is 6.92 Å². The summed E-state index contributed by atoms with van der Waals surface area (Å²) in [6.07, 6.45) is 4.30. The highest BCUT2D eigenvalue weighted by Crippen LogP contribution is 2.35. The molecule has 0 amide bonds. The van der Waals surface area contributed by atoms with Crippen LogP contribution in [0.5, 0.6) is 0 Å². The average Bonchev–Trinajstić information content (AvgIpc) is 2.58. The third kappa shape index (κ3) is 1.51. The minimum absolute atomic E-state index is 0.573. The predicted molar refractivity (Wildman–Crippen MR) is 52.9 cm³/mol. The molecule has 2 atom stereocenters. The Labute approximate surface area is 79.3 Å². The summed E-state index contributed by atoms with van der Waals surface area (Å²) in [7, 11) is 2.00. The fourth-order valence-electron chi connectivity index (χ4n) is 2.24. The number of likely N-dealkylation sites (N-methyl/N-ethyl adjacent to an activating group) is 1. The van der Waals surface area contributed by atoms with Gasteiger partial charge < -0.3 is 9.73 Å². The zero-order chi connectivity index (χ0) is 9.26. The van der Waals surface area contributed by atoms with Gasteiger partial charge in [-0.05, 0) is 37.4 Å². The number of nitrogens with one attached hydrogen (secondary N) is 1. The maximum absolute atomic E-state index is 5.55. The summed E-state index contributed by atoms with van der Waals surface area (Å²) in [5.74, 6) is 2.53. The Morgan fingerprint density at radius 3 is 3.23 bits per heavy atom. The van der Waals surface area contributed by atoms with Gasteiger partial charge in [0, 0.05) is 12.5 Å². The highest BCUT2D eigenvalue weighted by atomic mass is 16.3. The Morgan fingerprint density at radius 2 is 2.46 bits per heavy atom. The molecule has 1 aliphatic rings. The summed E-state index contributed by atoms with van der Waals surface area (Å²) in [4.78, 5) is 0. The molecule has 0 saturated heterocycles. The lowest BCUT2D eigenvalue weighted by Gasteiger charge is -2.27. The van der Waals surface area contributed by atoms with Crippen LogP contribution >= 0.6 is 0 Å². The molecule has 1 aliphatic carbocycles. The molecule has 13 heavy (non-hydrogen) atoms. The molecule has 0 aliphatic heterocycles. The van der Waals surface area contributed by atoms with E-state index in [1.807, 2.05) is 13.3 Å². The van der Waals surface area contributed by atoms with Crippen LogP contribution in [0.3, 0.4) is 0 Å². The molecular weight excluding hydrogens is 162 g/mol. The van der Waals surface area contributed by atoms with Crippen LogP contribution in [0.25, 0.3) is 0 Å². The van der Waals surface area contributed by atoms with Gasteiger partial charge in [0.15, 0.2) is 0 Å².